The minimum absolute atomic E-state index is 0.114. The van der Waals surface area contributed by atoms with Gasteiger partial charge in [0, 0.05) is 12.1 Å². The Morgan fingerprint density at radius 3 is 1.85 bits per heavy atom. The van der Waals surface area contributed by atoms with Crippen molar-refractivity contribution in [3.05, 3.63) is 130 Å². The first-order valence-electron chi connectivity index (χ1n) is 13.5. The summed E-state index contributed by atoms with van der Waals surface area (Å²) in [6, 6.07) is 29.4. The van der Waals surface area contributed by atoms with Crippen LogP contribution in [0, 0.1) is 0 Å². The third-order valence-corrected chi connectivity index (χ3v) is 6.94. The zero-order valence-electron chi connectivity index (χ0n) is 22.2. The Morgan fingerprint density at radius 2 is 1.23 bits per heavy atom. The van der Waals surface area contributed by atoms with Gasteiger partial charge in [-0.2, -0.15) is 13.2 Å². The number of nitrogens with one attached hydrogen (secondary N) is 1. The standard InChI is InChI=1S/C34H34F3NO/c1-2-3-4-6-25-11-13-28(14-12-25)24-38-33(39)31-8-5-7-30(23-31)29-19-15-26(16-20-29)9-10-27-17-21-32(22-18-27)34(35,36)37/h5,7-8,11-23H,2-4,6,9-10,24H2,1H3,(H,38,39). The molecule has 4 rings (SSSR count). The first kappa shape index (κ1) is 28.2. The number of amides is 1. The van der Waals surface area contributed by atoms with E-state index in [0.29, 0.717) is 18.5 Å². The van der Waals surface area contributed by atoms with Crippen LogP contribution in [0.5, 0.6) is 0 Å². The van der Waals surface area contributed by atoms with Crippen LogP contribution in [0.25, 0.3) is 11.1 Å². The van der Waals surface area contributed by atoms with E-state index in [1.165, 1.54) is 37.0 Å². The third kappa shape index (κ3) is 8.31. The van der Waals surface area contributed by atoms with Crippen molar-refractivity contribution in [3.8, 4) is 11.1 Å². The molecule has 39 heavy (non-hydrogen) atoms. The van der Waals surface area contributed by atoms with Crippen molar-refractivity contribution in [2.75, 3.05) is 0 Å². The van der Waals surface area contributed by atoms with Gasteiger partial charge in [0.1, 0.15) is 0 Å². The number of aryl methyl sites for hydroxylation is 3. The van der Waals surface area contributed by atoms with E-state index in [0.717, 1.165) is 52.8 Å². The summed E-state index contributed by atoms with van der Waals surface area (Å²) >= 11 is 0. The highest BCUT2D eigenvalue weighted by Crippen LogP contribution is 2.29. The summed E-state index contributed by atoms with van der Waals surface area (Å²) in [7, 11) is 0. The van der Waals surface area contributed by atoms with Crippen molar-refractivity contribution in [2.24, 2.45) is 0 Å². The second kappa shape index (κ2) is 13.3. The number of alkyl halides is 3. The maximum atomic E-state index is 12.8. The highest BCUT2D eigenvalue weighted by molar-refractivity contribution is 5.95. The van der Waals surface area contributed by atoms with E-state index < -0.39 is 11.7 Å². The van der Waals surface area contributed by atoms with Gasteiger partial charge < -0.3 is 5.32 Å². The Bertz CT molecular complexity index is 1340. The highest BCUT2D eigenvalue weighted by Gasteiger charge is 2.29. The minimum Gasteiger partial charge on any atom is -0.348 e. The van der Waals surface area contributed by atoms with Crippen LogP contribution in [0.4, 0.5) is 13.2 Å². The summed E-state index contributed by atoms with van der Waals surface area (Å²) in [6.07, 6.45) is 1.83. The normalized spacial score (nSPS) is 11.4. The first-order chi connectivity index (χ1) is 18.8. The largest absolute Gasteiger partial charge is 0.416 e. The molecule has 202 valence electrons. The molecule has 0 aliphatic carbocycles. The molecule has 0 bridgehead atoms. The smallest absolute Gasteiger partial charge is 0.348 e. The molecule has 0 aromatic heterocycles. The van der Waals surface area contributed by atoms with Crippen LogP contribution in [0.15, 0.2) is 97.1 Å². The Morgan fingerprint density at radius 1 is 0.667 bits per heavy atom. The average Bonchev–Trinajstić information content (AvgIpc) is 2.96. The van der Waals surface area contributed by atoms with Crippen LogP contribution in [0.1, 0.15) is 64.4 Å². The van der Waals surface area contributed by atoms with E-state index in [9.17, 15) is 18.0 Å². The maximum Gasteiger partial charge on any atom is 0.416 e. The third-order valence-electron chi connectivity index (χ3n) is 6.94. The quantitative estimate of drug-likeness (QED) is 0.193. The molecule has 4 aromatic rings. The van der Waals surface area contributed by atoms with E-state index in [1.807, 2.05) is 48.5 Å². The number of halogens is 3. The lowest BCUT2D eigenvalue weighted by molar-refractivity contribution is -0.137. The van der Waals surface area contributed by atoms with Crippen LogP contribution in [0.2, 0.25) is 0 Å². The van der Waals surface area contributed by atoms with Gasteiger partial charge in [-0.25, -0.2) is 0 Å². The van der Waals surface area contributed by atoms with Crippen LogP contribution in [-0.2, 0) is 32.0 Å². The van der Waals surface area contributed by atoms with Gasteiger partial charge in [-0.1, -0.05) is 92.6 Å². The second-order valence-corrected chi connectivity index (χ2v) is 9.93. The average molecular weight is 530 g/mol. The molecule has 0 spiro atoms. The summed E-state index contributed by atoms with van der Waals surface area (Å²) < 4.78 is 38.3. The number of hydrogen-bond donors (Lipinski definition) is 1. The van der Waals surface area contributed by atoms with Crippen molar-refractivity contribution in [1.29, 1.82) is 0 Å². The van der Waals surface area contributed by atoms with E-state index in [2.05, 4.69) is 36.5 Å². The van der Waals surface area contributed by atoms with Crippen molar-refractivity contribution in [1.82, 2.24) is 5.32 Å². The van der Waals surface area contributed by atoms with Crippen molar-refractivity contribution < 1.29 is 18.0 Å². The molecule has 0 saturated heterocycles. The molecular formula is C34H34F3NO. The summed E-state index contributed by atoms with van der Waals surface area (Å²) in [5, 5.41) is 3.02. The molecule has 0 atom stereocenters. The molecule has 2 nitrogen and oxygen atoms in total. The lowest BCUT2D eigenvalue weighted by Crippen LogP contribution is -2.22. The SMILES string of the molecule is CCCCCc1ccc(CNC(=O)c2cccc(-c3ccc(CCc4ccc(C(F)(F)F)cc4)cc3)c2)cc1. The van der Waals surface area contributed by atoms with E-state index in [4.69, 9.17) is 0 Å². The summed E-state index contributed by atoms with van der Waals surface area (Å²) in [5.74, 6) is -0.114. The van der Waals surface area contributed by atoms with Crippen LogP contribution < -0.4 is 5.32 Å². The van der Waals surface area contributed by atoms with Gasteiger partial charge in [-0.15, -0.1) is 0 Å². The van der Waals surface area contributed by atoms with Crippen LogP contribution in [-0.4, -0.2) is 5.91 Å². The lowest BCUT2D eigenvalue weighted by Gasteiger charge is -2.09. The number of unbranched alkanes of at least 4 members (excludes halogenated alkanes) is 2. The van der Waals surface area contributed by atoms with E-state index in [-0.39, 0.29) is 5.91 Å². The predicted molar refractivity (Wildman–Crippen MR) is 152 cm³/mol. The van der Waals surface area contributed by atoms with Gasteiger partial charge in [-0.3, -0.25) is 4.79 Å². The highest BCUT2D eigenvalue weighted by atomic mass is 19.4. The topological polar surface area (TPSA) is 29.1 Å². The Balaban J connectivity index is 1.31. The number of rotatable bonds is 11. The zero-order valence-corrected chi connectivity index (χ0v) is 22.2. The van der Waals surface area contributed by atoms with Crippen molar-refractivity contribution in [3.63, 3.8) is 0 Å². The van der Waals surface area contributed by atoms with Gasteiger partial charge in [0.15, 0.2) is 0 Å². The monoisotopic (exact) mass is 529 g/mol. The number of hydrogen-bond acceptors (Lipinski definition) is 1. The molecule has 5 heteroatoms. The van der Waals surface area contributed by atoms with Crippen molar-refractivity contribution in [2.45, 2.75) is 58.2 Å². The second-order valence-electron chi connectivity index (χ2n) is 9.93. The van der Waals surface area contributed by atoms with Gasteiger partial charge >= 0.3 is 6.18 Å². The molecule has 0 aliphatic heterocycles. The molecule has 0 aliphatic rings. The number of carbonyl (C=O) groups is 1. The maximum absolute atomic E-state index is 12.8. The van der Waals surface area contributed by atoms with Gasteiger partial charge in [0.25, 0.3) is 5.91 Å². The fraction of sp³-hybridized carbons (Fsp3) is 0.265. The Hall–Kier alpha value is -3.86. The van der Waals surface area contributed by atoms with Crippen LogP contribution in [0.3, 0.4) is 0 Å². The van der Waals surface area contributed by atoms with Gasteiger partial charge in [0.2, 0.25) is 0 Å². The summed E-state index contributed by atoms with van der Waals surface area (Å²) in [4.78, 5) is 12.8. The summed E-state index contributed by atoms with van der Waals surface area (Å²) in [5.41, 5.74) is 6.31. The predicted octanol–water partition coefficient (Wildman–Crippen LogP) is 8.82. The fourth-order valence-electron chi connectivity index (χ4n) is 4.54. The minimum atomic E-state index is -4.31. The lowest BCUT2D eigenvalue weighted by atomic mass is 9.99. The molecule has 0 radical (unpaired) electrons. The van der Waals surface area contributed by atoms with Crippen LogP contribution >= 0.6 is 0 Å². The molecule has 0 fully saturated rings. The summed E-state index contributed by atoms with van der Waals surface area (Å²) in [6.45, 7) is 2.68. The molecule has 1 N–H and O–H groups in total. The van der Waals surface area contributed by atoms with E-state index in [1.54, 1.807) is 0 Å². The number of carbonyl (C=O) groups excluding carboxylic acids is 1. The Kier molecular flexibility index (Phi) is 9.59. The zero-order chi connectivity index (χ0) is 27.7. The molecule has 0 heterocycles. The van der Waals surface area contributed by atoms with Crippen molar-refractivity contribution >= 4 is 5.91 Å². The molecule has 0 saturated carbocycles. The molecule has 4 aromatic carbocycles. The Labute approximate surface area is 228 Å². The molecule has 1 amide bonds. The fourth-order valence-corrected chi connectivity index (χ4v) is 4.54. The van der Waals surface area contributed by atoms with Gasteiger partial charge in [0.05, 0.1) is 5.56 Å². The molecular weight excluding hydrogens is 495 g/mol. The number of benzene rings is 4. The molecule has 0 unspecified atom stereocenters. The first-order valence-corrected chi connectivity index (χ1v) is 13.5. The van der Waals surface area contributed by atoms with E-state index >= 15 is 0 Å². The van der Waals surface area contributed by atoms with Gasteiger partial charge in [-0.05, 0) is 83.3 Å².